The highest BCUT2D eigenvalue weighted by atomic mass is 35.5. The first-order valence-corrected chi connectivity index (χ1v) is 8.68. The normalized spacial score (nSPS) is 17.2. The maximum atomic E-state index is 12.0. The lowest BCUT2D eigenvalue weighted by Crippen LogP contribution is -2.49. The van der Waals surface area contributed by atoms with Gasteiger partial charge in [-0.2, -0.15) is 4.98 Å². The fourth-order valence-electron chi connectivity index (χ4n) is 2.78. The highest BCUT2D eigenvalue weighted by Gasteiger charge is 2.31. The number of hydrogen-bond acceptors (Lipinski definition) is 8. The van der Waals surface area contributed by atoms with Crippen LogP contribution in [0, 0.1) is 10.1 Å². The molecule has 27 heavy (non-hydrogen) atoms. The van der Waals surface area contributed by atoms with Crippen molar-refractivity contribution in [1.29, 1.82) is 0 Å². The molecular weight excluding hydrogens is 380 g/mol. The van der Waals surface area contributed by atoms with Gasteiger partial charge in [0.2, 0.25) is 11.0 Å². The molecule has 0 aliphatic carbocycles. The molecular formula is C16H21ClN4O6. The van der Waals surface area contributed by atoms with Gasteiger partial charge in [-0.3, -0.25) is 14.9 Å². The largest absolute Gasteiger partial charge is 0.444 e. The van der Waals surface area contributed by atoms with E-state index in [1.165, 1.54) is 6.07 Å². The van der Waals surface area contributed by atoms with Crippen molar-refractivity contribution in [2.75, 3.05) is 18.0 Å². The van der Waals surface area contributed by atoms with E-state index in [0.717, 1.165) is 0 Å². The Morgan fingerprint density at radius 1 is 1.52 bits per heavy atom. The predicted molar refractivity (Wildman–Crippen MR) is 97.2 cm³/mol. The molecule has 2 rings (SSSR count). The number of amides is 1. The number of alkyl carbamates (subject to hydrolysis) is 1. The van der Waals surface area contributed by atoms with Crippen molar-refractivity contribution in [2.24, 2.45) is 0 Å². The van der Waals surface area contributed by atoms with E-state index >= 15 is 0 Å². The van der Waals surface area contributed by atoms with Crippen LogP contribution < -0.4 is 15.0 Å². The Hall–Kier alpha value is -2.62. The van der Waals surface area contributed by atoms with Crippen LogP contribution in [0.25, 0.3) is 0 Å². The van der Waals surface area contributed by atoms with Crippen LogP contribution in [0.4, 0.5) is 16.2 Å². The zero-order chi connectivity index (χ0) is 20.2. The van der Waals surface area contributed by atoms with Gasteiger partial charge in [0, 0.05) is 25.2 Å². The van der Waals surface area contributed by atoms with Gasteiger partial charge in [-0.1, -0.05) is 11.6 Å². The van der Waals surface area contributed by atoms with Crippen LogP contribution in [0.2, 0.25) is 5.15 Å². The van der Waals surface area contributed by atoms with Gasteiger partial charge in [-0.05, 0) is 33.6 Å². The number of hydrogen-bond donors (Lipinski definition) is 1. The third-order valence-electron chi connectivity index (χ3n) is 3.74. The summed E-state index contributed by atoms with van der Waals surface area (Å²) >= 11 is 5.91. The van der Waals surface area contributed by atoms with Crippen LogP contribution in [0.3, 0.4) is 0 Å². The van der Waals surface area contributed by atoms with Gasteiger partial charge in [-0.15, -0.1) is 0 Å². The van der Waals surface area contributed by atoms with E-state index in [4.69, 9.17) is 16.3 Å². The molecule has 1 aromatic rings. The Morgan fingerprint density at radius 2 is 2.22 bits per heavy atom. The second-order valence-electron chi connectivity index (χ2n) is 7.02. The molecule has 11 heteroatoms. The van der Waals surface area contributed by atoms with Gasteiger partial charge in [-0.25, -0.2) is 4.79 Å². The molecule has 2 heterocycles. The van der Waals surface area contributed by atoms with Gasteiger partial charge < -0.3 is 19.7 Å². The molecule has 1 fully saturated rings. The number of halogens is 1. The number of anilines is 1. The number of nitrogens with one attached hydrogen (secondary N) is 1. The zero-order valence-electron chi connectivity index (χ0n) is 15.2. The van der Waals surface area contributed by atoms with Crippen LogP contribution in [-0.4, -0.2) is 47.2 Å². The van der Waals surface area contributed by atoms with E-state index < -0.39 is 16.6 Å². The van der Waals surface area contributed by atoms with Crippen LogP contribution in [0.1, 0.15) is 33.6 Å². The monoisotopic (exact) mass is 400 g/mol. The van der Waals surface area contributed by atoms with Crippen molar-refractivity contribution in [2.45, 2.75) is 45.3 Å². The van der Waals surface area contributed by atoms with Crippen molar-refractivity contribution >= 4 is 35.5 Å². The van der Waals surface area contributed by atoms with Crippen LogP contribution in [-0.2, 0) is 9.53 Å². The first-order chi connectivity index (χ1) is 12.6. The molecule has 10 nitrogen and oxygen atoms in total. The van der Waals surface area contributed by atoms with Gasteiger partial charge >= 0.3 is 11.8 Å². The van der Waals surface area contributed by atoms with Crippen molar-refractivity contribution < 1.29 is 24.0 Å². The van der Waals surface area contributed by atoms with E-state index in [1.54, 1.807) is 25.7 Å². The smallest absolute Gasteiger partial charge is 0.407 e. The lowest BCUT2D eigenvalue weighted by Gasteiger charge is -2.34. The summed E-state index contributed by atoms with van der Waals surface area (Å²) in [6, 6.07) is 1.02. The highest BCUT2D eigenvalue weighted by molar-refractivity contribution is 6.32. The molecule has 1 N–H and O–H groups in total. The molecule has 1 saturated heterocycles. The number of nitrogens with zero attached hydrogens (tertiary/aromatic N) is 3. The van der Waals surface area contributed by atoms with Crippen molar-refractivity contribution in [3.05, 3.63) is 21.3 Å². The van der Waals surface area contributed by atoms with Crippen LogP contribution >= 0.6 is 11.6 Å². The average molecular weight is 401 g/mol. The predicted octanol–water partition coefficient (Wildman–Crippen LogP) is 2.67. The van der Waals surface area contributed by atoms with Crippen molar-refractivity contribution in [1.82, 2.24) is 10.3 Å². The molecule has 148 valence electrons. The molecule has 0 saturated carbocycles. The van der Waals surface area contributed by atoms with Gasteiger partial charge in [0.1, 0.15) is 11.3 Å². The molecule has 0 bridgehead atoms. The summed E-state index contributed by atoms with van der Waals surface area (Å²) in [6.45, 7) is 6.26. The number of rotatable bonds is 5. The SMILES string of the molecule is CC(C)(C)OC(=O)NC1CCCN(c2cc(OC=O)nc(Cl)c2[N+](=O)[O-])C1. The first-order valence-electron chi connectivity index (χ1n) is 8.30. The van der Waals surface area contributed by atoms with Gasteiger partial charge in [0.25, 0.3) is 6.47 Å². The van der Waals surface area contributed by atoms with E-state index in [2.05, 4.69) is 15.0 Å². The topological polar surface area (TPSA) is 124 Å². The Morgan fingerprint density at radius 3 is 2.81 bits per heavy atom. The molecule has 1 unspecified atom stereocenters. The number of carbonyl (C=O) groups is 2. The molecule has 0 radical (unpaired) electrons. The summed E-state index contributed by atoms with van der Waals surface area (Å²) in [5, 5.41) is 13.8. The molecule has 1 atom stereocenters. The number of aromatic nitrogens is 1. The lowest BCUT2D eigenvalue weighted by atomic mass is 10.0. The van der Waals surface area contributed by atoms with Crippen LogP contribution in [0.5, 0.6) is 5.88 Å². The average Bonchev–Trinajstić information content (AvgIpc) is 2.52. The Labute approximate surface area is 160 Å². The number of piperidine rings is 1. The summed E-state index contributed by atoms with van der Waals surface area (Å²) in [6.07, 6.45) is 0.822. The fraction of sp³-hybridized carbons (Fsp3) is 0.562. The summed E-state index contributed by atoms with van der Waals surface area (Å²) in [5.41, 5.74) is -0.836. The number of carbonyl (C=O) groups excluding carboxylic acids is 2. The second-order valence-corrected chi connectivity index (χ2v) is 7.38. The Balaban J connectivity index is 2.22. The maximum Gasteiger partial charge on any atom is 0.407 e. The standard InChI is InChI=1S/C16H21ClN4O6/c1-16(2,3)27-15(23)18-10-5-4-6-20(8-10)11-7-12(26-9-22)19-14(17)13(11)21(24)25/h7,9-10H,4-6,8H2,1-3H3,(H,18,23). The Kier molecular flexibility index (Phi) is 6.42. The van der Waals surface area contributed by atoms with Gasteiger partial charge in [0.05, 0.1) is 4.92 Å². The summed E-state index contributed by atoms with van der Waals surface area (Å²) < 4.78 is 9.93. The lowest BCUT2D eigenvalue weighted by molar-refractivity contribution is -0.384. The molecule has 0 spiro atoms. The third-order valence-corrected chi connectivity index (χ3v) is 4.00. The minimum Gasteiger partial charge on any atom is -0.444 e. The van der Waals surface area contributed by atoms with E-state index in [-0.39, 0.29) is 34.9 Å². The number of pyridine rings is 1. The molecule has 1 aliphatic heterocycles. The summed E-state index contributed by atoms with van der Waals surface area (Å²) in [5.74, 6) is -0.141. The van der Waals surface area contributed by atoms with E-state index in [1.807, 2.05) is 0 Å². The summed E-state index contributed by atoms with van der Waals surface area (Å²) in [7, 11) is 0. The molecule has 1 aromatic heterocycles. The quantitative estimate of drug-likeness (QED) is 0.346. The minimum atomic E-state index is -0.639. The number of ether oxygens (including phenoxy) is 2. The molecule has 1 aliphatic rings. The summed E-state index contributed by atoms with van der Waals surface area (Å²) in [4.78, 5) is 38.7. The first kappa shape index (κ1) is 20.7. The highest BCUT2D eigenvalue weighted by Crippen LogP contribution is 2.37. The fourth-order valence-corrected chi connectivity index (χ4v) is 3.03. The van der Waals surface area contributed by atoms with Gasteiger partial charge in [0.15, 0.2) is 0 Å². The van der Waals surface area contributed by atoms with Crippen molar-refractivity contribution in [3.63, 3.8) is 0 Å². The molecule has 0 aromatic carbocycles. The van der Waals surface area contributed by atoms with Crippen molar-refractivity contribution in [3.8, 4) is 5.88 Å². The Bertz CT molecular complexity index is 736. The third kappa shape index (κ3) is 5.68. The molecule has 1 amide bonds. The second kappa shape index (κ2) is 8.38. The zero-order valence-corrected chi connectivity index (χ0v) is 16.0. The minimum absolute atomic E-state index is 0.141. The number of nitro groups is 1. The van der Waals surface area contributed by atoms with E-state index in [0.29, 0.717) is 25.9 Å². The van der Waals surface area contributed by atoms with Crippen LogP contribution in [0.15, 0.2) is 6.07 Å². The van der Waals surface area contributed by atoms with E-state index in [9.17, 15) is 19.7 Å². The maximum absolute atomic E-state index is 12.0.